The summed E-state index contributed by atoms with van der Waals surface area (Å²) in [5, 5.41) is 6.57. The zero-order chi connectivity index (χ0) is 13.8. The van der Waals surface area contributed by atoms with Crippen molar-refractivity contribution >= 4 is 17.2 Å². The number of benzene rings is 1. The normalized spacial score (nSPS) is 12.2. The van der Waals surface area contributed by atoms with Gasteiger partial charge in [0.15, 0.2) is 11.6 Å². The Morgan fingerprint density at radius 1 is 1.32 bits per heavy atom. The maximum Gasteiger partial charge on any atom is 0.224 e. The fraction of sp³-hybridized carbons (Fsp3) is 0.214. The molecular formula is C14H13F2NOS. The van der Waals surface area contributed by atoms with Gasteiger partial charge >= 0.3 is 0 Å². The van der Waals surface area contributed by atoms with Crippen molar-refractivity contribution in [2.75, 3.05) is 0 Å². The van der Waals surface area contributed by atoms with E-state index in [4.69, 9.17) is 0 Å². The lowest BCUT2D eigenvalue weighted by Crippen LogP contribution is -2.28. The van der Waals surface area contributed by atoms with E-state index in [1.165, 1.54) is 17.4 Å². The minimum atomic E-state index is -0.906. The second-order valence-electron chi connectivity index (χ2n) is 4.27. The Morgan fingerprint density at radius 2 is 2.11 bits per heavy atom. The third-order valence-corrected chi connectivity index (χ3v) is 3.50. The fourth-order valence-electron chi connectivity index (χ4n) is 1.74. The second-order valence-corrected chi connectivity index (χ2v) is 5.05. The van der Waals surface area contributed by atoms with Gasteiger partial charge in [-0.25, -0.2) is 8.78 Å². The van der Waals surface area contributed by atoms with Gasteiger partial charge in [0.05, 0.1) is 12.5 Å². The maximum atomic E-state index is 13.1. The van der Waals surface area contributed by atoms with Gasteiger partial charge in [-0.05, 0) is 47.0 Å². The van der Waals surface area contributed by atoms with Gasteiger partial charge in [-0.1, -0.05) is 6.07 Å². The summed E-state index contributed by atoms with van der Waals surface area (Å²) < 4.78 is 25.9. The highest BCUT2D eigenvalue weighted by atomic mass is 32.1. The minimum absolute atomic E-state index is 0.143. The third kappa shape index (κ3) is 3.61. The Bertz CT molecular complexity index is 569. The van der Waals surface area contributed by atoms with E-state index in [9.17, 15) is 13.6 Å². The van der Waals surface area contributed by atoms with Crippen molar-refractivity contribution in [1.29, 1.82) is 0 Å². The van der Waals surface area contributed by atoms with Crippen LogP contribution in [0.25, 0.3) is 0 Å². The van der Waals surface area contributed by atoms with Crippen molar-refractivity contribution in [3.8, 4) is 0 Å². The zero-order valence-electron chi connectivity index (χ0n) is 10.3. The first-order valence-corrected chi connectivity index (χ1v) is 6.76. The molecule has 1 aromatic carbocycles. The third-order valence-electron chi connectivity index (χ3n) is 2.77. The molecule has 0 bridgehead atoms. The van der Waals surface area contributed by atoms with Gasteiger partial charge in [-0.2, -0.15) is 11.3 Å². The van der Waals surface area contributed by atoms with Crippen LogP contribution in [0.5, 0.6) is 0 Å². The monoisotopic (exact) mass is 281 g/mol. The van der Waals surface area contributed by atoms with Crippen LogP contribution in [-0.2, 0) is 11.2 Å². The van der Waals surface area contributed by atoms with Crippen LogP contribution in [0.4, 0.5) is 8.78 Å². The van der Waals surface area contributed by atoms with Crippen LogP contribution in [0.3, 0.4) is 0 Å². The van der Waals surface area contributed by atoms with Crippen molar-refractivity contribution in [3.05, 3.63) is 57.8 Å². The van der Waals surface area contributed by atoms with E-state index >= 15 is 0 Å². The molecule has 0 unspecified atom stereocenters. The van der Waals surface area contributed by atoms with Crippen molar-refractivity contribution in [1.82, 2.24) is 5.32 Å². The van der Waals surface area contributed by atoms with Crippen molar-refractivity contribution < 1.29 is 13.6 Å². The topological polar surface area (TPSA) is 29.1 Å². The number of carbonyl (C=O) groups excluding carboxylic acids is 1. The summed E-state index contributed by atoms with van der Waals surface area (Å²) in [6.45, 7) is 1.73. The Morgan fingerprint density at radius 3 is 2.74 bits per heavy atom. The molecule has 0 aliphatic heterocycles. The van der Waals surface area contributed by atoms with Gasteiger partial charge in [0.25, 0.3) is 0 Å². The summed E-state index contributed by atoms with van der Waals surface area (Å²) in [5.74, 6) is -1.94. The van der Waals surface area contributed by atoms with Gasteiger partial charge in [-0.3, -0.25) is 4.79 Å². The van der Waals surface area contributed by atoms with Crippen LogP contribution in [-0.4, -0.2) is 5.91 Å². The lowest BCUT2D eigenvalue weighted by atomic mass is 10.1. The Labute approximate surface area is 114 Å². The number of hydrogen-bond acceptors (Lipinski definition) is 2. The quantitative estimate of drug-likeness (QED) is 0.913. The summed E-state index contributed by atoms with van der Waals surface area (Å²) in [7, 11) is 0. The second kappa shape index (κ2) is 5.93. The van der Waals surface area contributed by atoms with Crippen LogP contribution < -0.4 is 5.32 Å². The molecule has 0 aliphatic carbocycles. The summed E-state index contributed by atoms with van der Waals surface area (Å²) in [5.41, 5.74) is 1.48. The SMILES string of the molecule is C[C@@H](NC(=O)Cc1ccsc1)c1ccc(F)c(F)c1. The van der Waals surface area contributed by atoms with Crippen LogP contribution in [0.15, 0.2) is 35.0 Å². The van der Waals surface area contributed by atoms with Gasteiger partial charge in [0, 0.05) is 0 Å². The number of halogens is 2. The standard InChI is InChI=1S/C14H13F2NOS/c1-9(11-2-3-12(15)13(16)7-11)17-14(18)6-10-4-5-19-8-10/h2-5,7-9H,6H2,1H3,(H,17,18)/t9-/m1/s1. The molecule has 1 N–H and O–H groups in total. The molecule has 1 heterocycles. The average molecular weight is 281 g/mol. The molecule has 2 nitrogen and oxygen atoms in total. The number of hydrogen-bond donors (Lipinski definition) is 1. The predicted octanol–water partition coefficient (Wildman–Crippen LogP) is 3.45. The highest BCUT2D eigenvalue weighted by molar-refractivity contribution is 7.07. The number of rotatable bonds is 4. The van der Waals surface area contributed by atoms with Gasteiger partial charge < -0.3 is 5.32 Å². The molecule has 2 rings (SSSR count). The molecule has 0 radical (unpaired) electrons. The summed E-state index contributed by atoms with van der Waals surface area (Å²) in [4.78, 5) is 11.8. The molecule has 1 aromatic heterocycles. The van der Waals surface area contributed by atoms with Crippen LogP contribution in [0.2, 0.25) is 0 Å². The lowest BCUT2D eigenvalue weighted by Gasteiger charge is -2.14. The Balaban J connectivity index is 1.98. The molecular weight excluding hydrogens is 268 g/mol. The Hall–Kier alpha value is -1.75. The van der Waals surface area contributed by atoms with Crippen molar-refractivity contribution in [3.63, 3.8) is 0 Å². The van der Waals surface area contributed by atoms with E-state index in [0.717, 1.165) is 17.7 Å². The number of carbonyl (C=O) groups is 1. The molecule has 100 valence electrons. The number of amides is 1. The lowest BCUT2D eigenvalue weighted by molar-refractivity contribution is -0.121. The predicted molar refractivity (Wildman–Crippen MR) is 70.9 cm³/mol. The average Bonchev–Trinajstić information content (AvgIpc) is 2.85. The highest BCUT2D eigenvalue weighted by Crippen LogP contribution is 2.16. The summed E-state index contributed by atoms with van der Waals surface area (Å²) in [6.07, 6.45) is 0.289. The molecule has 0 aliphatic rings. The van der Waals surface area contributed by atoms with E-state index in [-0.39, 0.29) is 18.4 Å². The molecule has 2 aromatic rings. The molecule has 1 amide bonds. The smallest absolute Gasteiger partial charge is 0.224 e. The molecule has 19 heavy (non-hydrogen) atoms. The molecule has 5 heteroatoms. The van der Waals surface area contributed by atoms with E-state index < -0.39 is 11.6 Å². The zero-order valence-corrected chi connectivity index (χ0v) is 11.1. The summed E-state index contributed by atoms with van der Waals surface area (Å²) >= 11 is 1.53. The van der Waals surface area contributed by atoms with Crippen molar-refractivity contribution in [2.24, 2.45) is 0 Å². The van der Waals surface area contributed by atoms with E-state index in [1.807, 2.05) is 16.8 Å². The van der Waals surface area contributed by atoms with E-state index in [0.29, 0.717) is 5.56 Å². The van der Waals surface area contributed by atoms with Gasteiger partial charge in [0.1, 0.15) is 0 Å². The Kier molecular flexibility index (Phi) is 4.27. The first kappa shape index (κ1) is 13.7. The highest BCUT2D eigenvalue weighted by Gasteiger charge is 2.12. The number of nitrogens with one attached hydrogen (secondary N) is 1. The maximum absolute atomic E-state index is 13.1. The largest absolute Gasteiger partial charge is 0.349 e. The first-order valence-electron chi connectivity index (χ1n) is 5.81. The molecule has 0 fully saturated rings. The molecule has 0 saturated heterocycles. The van der Waals surface area contributed by atoms with Gasteiger partial charge in [-0.15, -0.1) is 0 Å². The van der Waals surface area contributed by atoms with Crippen LogP contribution in [0, 0.1) is 11.6 Å². The molecule has 0 spiro atoms. The minimum Gasteiger partial charge on any atom is -0.349 e. The van der Waals surface area contributed by atoms with E-state index in [1.54, 1.807) is 6.92 Å². The first-order chi connectivity index (χ1) is 9.06. The fourth-order valence-corrected chi connectivity index (χ4v) is 2.40. The van der Waals surface area contributed by atoms with E-state index in [2.05, 4.69) is 5.32 Å². The van der Waals surface area contributed by atoms with Crippen LogP contribution >= 0.6 is 11.3 Å². The summed E-state index contributed by atoms with van der Waals surface area (Å²) in [6, 6.07) is 5.15. The number of thiophene rings is 1. The molecule has 0 saturated carbocycles. The van der Waals surface area contributed by atoms with Crippen molar-refractivity contribution in [2.45, 2.75) is 19.4 Å². The van der Waals surface area contributed by atoms with Crippen LogP contribution in [0.1, 0.15) is 24.1 Å². The van der Waals surface area contributed by atoms with Gasteiger partial charge in [0.2, 0.25) is 5.91 Å². The molecule has 1 atom stereocenters.